The fourth-order valence-corrected chi connectivity index (χ4v) is 2.22. The van der Waals surface area contributed by atoms with Gasteiger partial charge in [-0.25, -0.2) is 0 Å². The summed E-state index contributed by atoms with van der Waals surface area (Å²) in [5.74, 6) is 1.73. The number of halogens is 1. The molecule has 4 nitrogen and oxygen atoms in total. The van der Waals surface area contributed by atoms with Crippen molar-refractivity contribution in [3.63, 3.8) is 0 Å². The van der Waals surface area contributed by atoms with E-state index in [-0.39, 0.29) is 0 Å². The molecule has 1 heterocycles. The van der Waals surface area contributed by atoms with E-state index >= 15 is 0 Å². The minimum atomic E-state index is -0.605. The Labute approximate surface area is 118 Å². The first-order valence-electron chi connectivity index (χ1n) is 6.55. The number of ether oxygens (including phenoxy) is 2. The molecule has 2 N–H and O–H groups in total. The van der Waals surface area contributed by atoms with E-state index in [4.69, 9.17) is 21.1 Å². The van der Waals surface area contributed by atoms with E-state index in [2.05, 4.69) is 19.2 Å². The van der Waals surface area contributed by atoms with Crippen LogP contribution in [-0.2, 0) is 0 Å². The lowest BCUT2D eigenvalue weighted by Crippen LogP contribution is -2.25. The van der Waals surface area contributed by atoms with E-state index in [1.807, 2.05) is 0 Å². The van der Waals surface area contributed by atoms with Crippen LogP contribution in [0.15, 0.2) is 12.1 Å². The third kappa shape index (κ3) is 3.75. The van der Waals surface area contributed by atoms with E-state index in [0.29, 0.717) is 42.2 Å². The van der Waals surface area contributed by atoms with Crippen LogP contribution in [-0.4, -0.2) is 31.4 Å². The first-order chi connectivity index (χ1) is 9.08. The largest absolute Gasteiger partial charge is 0.486 e. The molecule has 5 heteroatoms. The summed E-state index contributed by atoms with van der Waals surface area (Å²) in [6.45, 7) is 6.63. The van der Waals surface area contributed by atoms with Crippen molar-refractivity contribution in [2.75, 3.05) is 26.3 Å². The standard InChI is InChI=1S/C14H20ClNO3/c1-9(2)7-16-8-12(17)10-5-11(15)14-13(6-10)18-3-4-19-14/h5-6,9,12,16-17H,3-4,7-8H2,1-2H3/t12-/m1/s1. The van der Waals surface area contributed by atoms with Crippen LogP contribution >= 0.6 is 11.6 Å². The predicted molar refractivity (Wildman–Crippen MR) is 75.1 cm³/mol. The maximum absolute atomic E-state index is 10.1. The van der Waals surface area contributed by atoms with Crippen LogP contribution in [0.5, 0.6) is 11.5 Å². The maximum Gasteiger partial charge on any atom is 0.179 e. The second kappa shape index (κ2) is 6.46. The Hall–Kier alpha value is -0.970. The molecule has 0 radical (unpaired) electrons. The molecule has 0 aromatic heterocycles. The van der Waals surface area contributed by atoms with Gasteiger partial charge in [-0.05, 0) is 30.2 Å². The third-order valence-corrected chi connectivity index (χ3v) is 3.17. The average molecular weight is 286 g/mol. The zero-order valence-electron chi connectivity index (χ0n) is 11.3. The van der Waals surface area contributed by atoms with E-state index in [1.54, 1.807) is 12.1 Å². The minimum absolute atomic E-state index is 0.482. The van der Waals surface area contributed by atoms with Gasteiger partial charge in [0.15, 0.2) is 11.5 Å². The number of aliphatic hydroxyl groups is 1. The molecule has 0 spiro atoms. The number of rotatable bonds is 5. The SMILES string of the molecule is CC(C)CNC[C@@H](O)c1cc(Cl)c2c(c1)OCCO2. The van der Waals surface area contributed by atoms with Crippen LogP contribution in [0.25, 0.3) is 0 Å². The van der Waals surface area contributed by atoms with E-state index in [9.17, 15) is 5.11 Å². The van der Waals surface area contributed by atoms with Gasteiger partial charge in [0.25, 0.3) is 0 Å². The van der Waals surface area contributed by atoms with Gasteiger partial charge in [0, 0.05) is 6.54 Å². The van der Waals surface area contributed by atoms with Crippen molar-refractivity contribution < 1.29 is 14.6 Å². The highest BCUT2D eigenvalue weighted by Crippen LogP contribution is 2.39. The van der Waals surface area contributed by atoms with Crippen molar-refractivity contribution in [2.24, 2.45) is 5.92 Å². The molecule has 0 bridgehead atoms. The van der Waals surface area contributed by atoms with Crippen molar-refractivity contribution in [3.8, 4) is 11.5 Å². The smallest absolute Gasteiger partial charge is 0.179 e. The molecule has 2 rings (SSSR count). The van der Waals surface area contributed by atoms with Crippen molar-refractivity contribution in [1.82, 2.24) is 5.32 Å². The van der Waals surface area contributed by atoms with Gasteiger partial charge in [0.2, 0.25) is 0 Å². The fraction of sp³-hybridized carbons (Fsp3) is 0.571. The average Bonchev–Trinajstić information content (AvgIpc) is 2.38. The Morgan fingerprint density at radius 2 is 2.00 bits per heavy atom. The number of hydrogen-bond donors (Lipinski definition) is 2. The van der Waals surface area contributed by atoms with Crippen LogP contribution in [0.4, 0.5) is 0 Å². The van der Waals surface area contributed by atoms with Crippen molar-refractivity contribution >= 4 is 11.6 Å². The predicted octanol–water partition coefficient (Wildman–Crippen LogP) is 2.39. The molecule has 1 aromatic carbocycles. The summed E-state index contributed by atoms with van der Waals surface area (Å²) in [6, 6.07) is 3.53. The summed E-state index contributed by atoms with van der Waals surface area (Å²) in [5, 5.41) is 13.8. The topological polar surface area (TPSA) is 50.7 Å². The molecule has 106 valence electrons. The van der Waals surface area contributed by atoms with Crippen LogP contribution in [0.1, 0.15) is 25.5 Å². The van der Waals surface area contributed by atoms with Crippen molar-refractivity contribution in [1.29, 1.82) is 0 Å². The Balaban J connectivity index is 2.05. The Kier molecular flexibility index (Phi) is 4.91. The van der Waals surface area contributed by atoms with E-state index in [0.717, 1.165) is 12.1 Å². The first-order valence-corrected chi connectivity index (χ1v) is 6.93. The van der Waals surface area contributed by atoms with Gasteiger partial charge in [-0.15, -0.1) is 0 Å². The zero-order valence-corrected chi connectivity index (χ0v) is 12.0. The summed E-state index contributed by atoms with van der Waals surface area (Å²) in [6.07, 6.45) is -0.605. The van der Waals surface area contributed by atoms with Gasteiger partial charge >= 0.3 is 0 Å². The lowest BCUT2D eigenvalue weighted by atomic mass is 10.1. The number of hydrogen-bond acceptors (Lipinski definition) is 4. The molecule has 1 aromatic rings. The van der Waals surface area contributed by atoms with Crippen LogP contribution in [0.3, 0.4) is 0 Å². The molecule has 1 aliphatic heterocycles. The second-order valence-corrected chi connectivity index (χ2v) is 5.50. The maximum atomic E-state index is 10.1. The molecule has 1 atom stereocenters. The van der Waals surface area contributed by atoms with Crippen LogP contribution < -0.4 is 14.8 Å². The summed E-state index contributed by atoms with van der Waals surface area (Å²) in [4.78, 5) is 0. The molecule has 1 aliphatic rings. The van der Waals surface area contributed by atoms with Crippen molar-refractivity contribution in [3.05, 3.63) is 22.7 Å². The lowest BCUT2D eigenvalue weighted by molar-refractivity contribution is 0.163. The van der Waals surface area contributed by atoms with Gasteiger partial charge in [-0.1, -0.05) is 25.4 Å². The molecule has 0 saturated carbocycles. The normalized spacial score (nSPS) is 15.6. The number of benzene rings is 1. The van der Waals surface area contributed by atoms with Gasteiger partial charge < -0.3 is 19.9 Å². The third-order valence-electron chi connectivity index (χ3n) is 2.89. The molecule has 0 amide bonds. The lowest BCUT2D eigenvalue weighted by Gasteiger charge is -2.22. The highest BCUT2D eigenvalue weighted by Gasteiger charge is 2.19. The van der Waals surface area contributed by atoms with Gasteiger partial charge in [0.1, 0.15) is 13.2 Å². The highest BCUT2D eigenvalue weighted by molar-refractivity contribution is 6.32. The molecular weight excluding hydrogens is 266 g/mol. The molecule has 0 aliphatic carbocycles. The van der Waals surface area contributed by atoms with Crippen molar-refractivity contribution in [2.45, 2.75) is 20.0 Å². The Bertz CT molecular complexity index is 437. The number of aliphatic hydroxyl groups excluding tert-OH is 1. The molecule has 19 heavy (non-hydrogen) atoms. The summed E-state index contributed by atoms with van der Waals surface area (Å²) < 4.78 is 10.9. The summed E-state index contributed by atoms with van der Waals surface area (Å²) in [7, 11) is 0. The van der Waals surface area contributed by atoms with Gasteiger partial charge in [0.05, 0.1) is 11.1 Å². The minimum Gasteiger partial charge on any atom is -0.486 e. The Morgan fingerprint density at radius 3 is 2.74 bits per heavy atom. The molecule has 0 unspecified atom stereocenters. The number of fused-ring (bicyclic) bond motifs is 1. The van der Waals surface area contributed by atoms with Gasteiger partial charge in [-0.3, -0.25) is 0 Å². The molecule has 0 saturated heterocycles. The second-order valence-electron chi connectivity index (χ2n) is 5.09. The molecule has 0 fully saturated rings. The monoisotopic (exact) mass is 285 g/mol. The van der Waals surface area contributed by atoms with Crippen LogP contribution in [0, 0.1) is 5.92 Å². The Morgan fingerprint density at radius 1 is 1.26 bits per heavy atom. The summed E-state index contributed by atoms with van der Waals surface area (Å²) >= 11 is 6.14. The highest BCUT2D eigenvalue weighted by atomic mass is 35.5. The fourth-order valence-electron chi connectivity index (χ4n) is 1.95. The number of nitrogens with one attached hydrogen (secondary N) is 1. The van der Waals surface area contributed by atoms with E-state index < -0.39 is 6.10 Å². The van der Waals surface area contributed by atoms with Crippen LogP contribution in [0.2, 0.25) is 5.02 Å². The molecular formula is C14H20ClNO3. The zero-order chi connectivity index (χ0) is 13.8. The van der Waals surface area contributed by atoms with E-state index in [1.165, 1.54) is 0 Å². The quantitative estimate of drug-likeness (QED) is 0.872. The van der Waals surface area contributed by atoms with Gasteiger partial charge in [-0.2, -0.15) is 0 Å². The first kappa shape index (κ1) is 14.4. The summed E-state index contributed by atoms with van der Waals surface area (Å²) in [5.41, 5.74) is 0.741.